The van der Waals surface area contributed by atoms with Crippen molar-refractivity contribution in [3.63, 3.8) is 0 Å². The van der Waals surface area contributed by atoms with Crippen molar-refractivity contribution in [2.24, 2.45) is 5.92 Å². The lowest BCUT2D eigenvalue weighted by atomic mass is 10.1. The average Bonchev–Trinajstić information content (AvgIpc) is 3.25. The zero-order chi connectivity index (χ0) is 22.1. The van der Waals surface area contributed by atoms with Crippen LogP contribution in [0, 0.1) is 5.92 Å². The summed E-state index contributed by atoms with van der Waals surface area (Å²) < 4.78 is 5.37. The third-order valence-corrected chi connectivity index (χ3v) is 4.85. The molecule has 6 heteroatoms. The summed E-state index contributed by atoms with van der Waals surface area (Å²) >= 11 is 0. The molecule has 0 aliphatic heterocycles. The summed E-state index contributed by atoms with van der Waals surface area (Å²) in [4.78, 5) is 27.0. The summed E-state index contributed by atoms with van der Waals surface area (Å²) in [5.41, 5.74) is 2.39. The quantitative estimate of drug-likeness (QED) is 0.534. The Morgan fingerprint density at radius 2 is 1.61 bits per heavy atom. The minimum Gasteiger partial charge on any atom is -0.359 e. The van der Waals surface area contributed by atoms with Crippen LogP contribution in [-0.2, 0) is 24.3 Å². The normalized spacial score (nSPS) is 10.8. The molecule has 0 spiro atoms. The molecule has 31 heavy (non-hydrogen) atoms. The van der Waals surface area contributed by atoms with E-state index in [0.29, 0.717) is 37.6 Å². The van der Waals surface area contributed by atoms with E-state index in [4.69, 9.17) is 4.52 Å². The summed E-state index contributed by atoms with van der Waals surface area (Å²) in [7, 11) is 0. The van der Waals surface area contributed by atoms with E-state index >= 15 is 0 Å². The lowest BCUT2D eigenvalue weighted by Gasteiger charge is -2.21. The molecule has 3 rings (SSSR count). The van der Waals surface area contributed by atoms with Crippen molar-refractivity contribution in [3.8, 4) is 0 Å². The lowest BCUT2D eigenvalue weighted by Crippen LogP contribution is -2.30. The minimum absolute atomic E-state index is 0.0231. The van der Waals surface area contributed by atoms with Crippen LogP contribution in [0.25, 0.3) is 0 Å². The number of rotatable bonds is 10. The second kappa shape index (κ2) is 11.1. The zero-order valence-electron chi connectivity index (χ0n) is 18.1. The lowest BCUT2D eigenvalue weighted by molar-refractivity contribution is -0.132. The standard InChI is InChI=1S/C25H29N3O3/c1-19(2)16-26-25(30)23-15-22(31-27-23)18-28(17-21-11-7-4-8-12-21)24(29)14-13-20-9-5-3-6-10-20/h3-12,15,19H,13-14,16-18H2,1-2H3,(H,26,30). The molecule has 2 amide bonds. The fourth-order valence-corrected chi connectivity index (χ4v) is 3.16. The Bertz CT molecular complexity index is 968. The van der Waals surface area contributed by atoms with Crippen molar-refractivity contribution >= 4 is 11.8 Å². The molecule has 0 radical (unpaired) electrons. The van der Waals surface area contributed by atoms with E-state index in [1.165, 1.54) is 0 Å². The molecule has 0 fully saturated rings. The van der Waals surface area contributed by atoms with E-state index < -0.39 is 0 Å². The van der Waals surface area contributed by atoms with Crippen LogP contribution < -0.4 is 5.32 Å². The van der Waals surface area contributed by atoms with Crippen molar-refractivity contribution in [2.75, 3.05) is 6.54 Å². The van der Waals surface area contributed by atoms with Gasteiger partial charge in [-0.3, -0.25) is 9.59 Å². The number of hydrogen-bond acceptors (Lipinski definition) is 4. The molecule has 0 aliphatic rings. The maximum Gasteiger partial charge on any atom is 0.273 e. The molecule has 0 aliphatic carbocycles. The number of carbonyl (C=O) groups excluding carboxylic acids is 2. The first-order valence-electron chi connectivity index (χ1n) is 10.6. The van der Waals surface area contributed by atoms with Gasteiger partial charge < -0.3 is 14.7 Å². The van der Waals surface area contributed by atoms with Gasteiger partial charge in [-0.2, -0.15) is 0 Å². The maximum atomic E-state index is 13.0. The van der Waals surface area contributed by atoms with E-state index in [2.05, 4.69) is 10.5 Å². The van der Waals surface area contributed by atoms with Gasteiger partial charge in [-0.05, 0) is 23.5 Å². The number of aryl methyl sites for hydroxylation is 1. The molecule has 0 saturated heterocycles. The highest BCUT2D eigenvalue weighted by Crippen LogP contribution is 2.14. The van der Waals surface area contributed by atoms with Gasteiger partial charge in [0.05, 0.1) is 6.54 Å². The zero-order valence-corrected chi connectivity index (χ0v) is 18.1. The predicted octanol–water partition coefficient (Wildman–Crippen LogP) is 4.22. The Balaban J connectivity index is 1.67. The van der Waals surface area contributed by atoms with Crippen LogP contribution in [-0.4, -0.2) is 28.4 Å². The van der Waals surface area contributed by atoms with Gasteiger partial charge in [-0.15, -0.1) is 0 Å². The summed E-state index contributed by atoms with van der Waals surface area (Å²) in [5, 5.41) is 6.71. The first kappa shape index (κ1) is 22.3. The first-order valence-corrected chi connectivity index (χ1v) is 10.6. The topological polar surface area (TPSA) is 75.4 Å². The Hall–Kier alpha value is -3.41. The number of nitrogens with zero attached hydrogens (tertiary/aromatic N) is 2. The van der Waals surface area contributed by atoms with Gasteiger partial charge in [0.15, 0.2) is 11.5 Å². The Morgan fingerprint density at radius 3 is 2.26 bits per heavy atom. The Labute approximate surface area is 183 Å². The molecule has 1 N–H and O–H groups in total. The fraction of sp³-hybridized carbons (Fsp3) is 0.320. The summed E-state index contributed by atoms with van der Waals surface area (Å²) in [5.74, 6) is 0.584. The molecule has 0 saturated carbocycles. The smallest absolute Gasteiger partial charge is 0.273 e. The molecule has 3 aromatic rings. The Kier molecular flexibility index (Phi) is 7.98. The predicted molar refractivity (Wildman–Crippen MR) is 119 cm³/mol. The number of amides is 2. The van der Waals surface area contributed by atoms with Crippen molar-refractivity contribution in [1.29, 1.82) is 0 Å². The van der Waals surface area contributed by atoms with Crippen molar-refractivity contribution in [3.05, 3.63) is 89.3 Å². The van der Waals surface area contributed by atoms with Gasteiger partial charge in [0, 0.05) is 25.6 Å². The summed E-state index contributed by atoms with van der Waals surface area (Å²) in [6.45, 7) is 5.34. The van der Waals surface area contributed by atoms with E-state index in [0.717, 1.165) is 11.1 Å². The number of hydrogen-bond donors (Lipinski definition) is 1. The molecular weight excluding hydrogens is 390 g/mol. The monoisotopic (exact) mass is 419 g/mol. The highest BCUT2D eigenvalue weighted by atomic mass is 16.5. The van der Waals surface area contributed by atoms with Crippen molar-refractivity contribution < 1.29 is 14.1 Å². The van der Waals surface area contributed by atoms with E-state index in [9.17, 15) is 9.59 Å². The largest absolute Gasteiger partial charge is 0.359 e. The van der Waals surface area contributed by atoms with Crippen LogP contribution in [0.2, 0.25) is 0 Å². The van der Waals surface area contributed by atoms with Crippen molar-refractivity contribution in [2.45, 2.75) is 39.8 Å². The second-order valence-corrected chi connectivity index (χ2v) is 8.00. The number of benzene rings is 2. The van der Waals surface area contributed by atoms with Crippen LogP contribution >= 0.6 is 0 Å². The first-order chi connectivity index (χ1) is 15.0. The van der Waals surface area contributed by atoms with Crippen molar-refractivity contribution in [1.82, 2.24) is 15.4 Å². The maximum absolute atomic E-state index is 13.0. The molecule has 162 valence electrons. The van der Waals surface area contributed by atoms with Gasteiger partial charge >= 0.3 is 0 Å². The van der Waals surface area contributed by atoms with E-state index in [-0.39, 0.29) is 24.1 Å². The van der Waals surface area contributed by atoms with Crippen LogP contribution in [0.15, 0.2) is 71.3 Å². The van der Waals surface area contributed by atoms with Gasteiger partial charge in [-0.25, -0.2) is 0 Å². The van der Waals surface area contributed by atoms with Gasteiger partial charge in [0.2, 0.25) is 5.91 Å². The van der Waals surface area contributed by atoms with Crippen LogP contribution in [0.3, 0.4) is 0 Å². The van der Waals surface area contributed by atoms with Crippen LogP contribution in [0.5, 0.6) is 0 Å². The van der Waals surface area contributed by atoms with Gasteiger partial charge in [0.1, 0.15) is 0 Å². The summed E-state index contributed by atoms with van der Waals surface area (Å²) in [6.07, 6.45) is 1.07. The van der Waals surface area contributed by atoms with Crippen LogP contribution in [0.4, 0.5) is 0 Å². The molecule has 0 bridgehead atoms. The third kappa shape index (κ3) is 7.10. The minimum atomic E-state index is -0.270. The highest BCUT2D eigenvalue weighted by Gasteiger charge is 2.19. The molecule has 0 unspecified atom stereocenters. The molecule has 2 aromatic carbocycles. The molecule has 0 atom stereocenters. The van der Waals surface area contributed by atoms with E-state index in [1.807, 2.05) is 74.5 Å². The van der Waals surface area contributed by atoms with Crippen LogP contribution in [0.1, 0.15) is 47.6 Å². The fourth-order valence-electron chi connectivity index (χ4n) is 3.16. The number of aromatic nitrogens is 1. The van der Waals surface area contributed by atoms with E-state index in [1.54, 1.807) is 11.0 Å². The molecular formula is C25H29N3O3. The summed E-state index contributed by atoms with van der Waals surface area (Å²) in [6, 6.07) is 21.4. The van der Waals surface area contributed by atoms with Gasteiger partial charge in [0.25, 0.3) is 5.91 Å². The molecule has 1 aromatic heterocycles. The highest BCUT2D eigenvalue weighted by molar-refractivity contribution is 5.92. The molecule has 1 heterocycles. The number of carbonyl (C=O) groups is 2. The van der Waals surface area contributed by atoms with Gasteiger partial charge in [-0.1, -0.05) is 79.7 Å². The average molecular weight is 420 g/mol. The Morgan fingerprint density at radius 1 is 0.968 bits per heavy atom. The third-order valence-electron chi connectivity index (χ3n) is 4.85. The molecule has 6 nitrogen and oxygen atoms in total. The number of nitrogens with one attached hydrogen (secondary N) is 1. The second-order valence-electron chi connectivity index (χ2n) is 8.00. The SMILES string of the molecule is CC(C)CNC(=O)c1cc(CN(Cc2ccccc2)C(=O)CCc2ccccc2)on1.